The molecule has 7 nitrogen and oxygen atoms in total. The molecule has 1 aliphatic heterocycles. The number of nitrogens with zero attached hydrogens (tertiary/aromatic N) is 3. The average molecular weight is 417 g/mol. The largest absolute Gasteiger partial charge is 0.352 e. The minimum absolute atomic E-state index is 0.0216. The zero-order chi connectivity index (χ0) is 19.6. The minimum atomic E-state index is -3.66. The molecule has 28 heavy (non-hydrogen) atoms. The number of amides is 1. The van der Waals surface area contributed by atoms with Crippen LogP contribution >= 0.6 is 11.7 Å². The molecule has 2 heterocycles. The normalized spacial score (nSPS) is 16.3. The Kier molecular flexibility index (Phi) is 5.38. The lowest BCUT2D eigenvalue weighted by Gasteiger charge is -2.30. The van der Waals surface area contributed by atoms with Crippen LogP contribution in [-0.2, 0) is 21.4 Å². The summed E-state index contributed by atoms with van der Waals surface area (Å²) >= 11 is 1.00. The molecule has 1 N–H and O–H groups in total. The smallest absolute Gasteiger partial charge is 0.245 e. The van der Waals surface area contributed by atoms with Crippen molar-refractivity contribution in [1.82, 2.24) is 18.4 Å². The van der Waals surface area contributed by atoms with Gasteiger partial charge in [-0.1, -0.05) is 36.4 Å². The number of rotatable bonds is 5. The molecule has 1 amide bonds. The van der Waals surface area contributed by atoms with Gasteiger partial charge in [0.25, 0.3) is 0 Å². The summed E-state index contributed by atoms with van der Waals surface area (Å²) in [5, 5.41) is 2.95. The van der Waals surface area contributed by atoms with Crippen molar-refractivity contribution in [2.75, 3.05) is 13.1 Å². The van der Waals surface area contributed by atoms with E-state index in [0.717, 1.165) is 17.3 Å². The Morgan fingerprint density at radius 2 is 1.82 bits per heavy atom. The molecule has 0 bridgehead atoms. The van der Waals surface area contributed by atoms with Gasteiger partial charge in [0.05, 0.1) is 11.7 Å². The van der Waals surface area contributed by atoms with E-state index in [0.29, 0.717) is 43.5 Å². The van der Waals surface area contributed by atoms with Gasteiger partial charge in [-0.05, 0) is 30.5 Å². The van der Waals surface area contributed by atoms with Crippen molar-refractivity contribution in [3.05, 3.63) is 54.1 Å². The van der Waals surface area contributed by atoms with Crippen LogP contribution in [0.1, 0.15) is 18.4 Å². The maximum absolute atomic E-state index is 13.0. The predicted molar refractivity (Wildman–Crippen MR) is 107 cm³/mol. The molecule has 1 saturated heterocycles. The van der Waals surface area contributed by atoms with E-state index in [1.807, 2.05) is 30.3 Å². The standard InChI is InChI=1S/C19H20N4O3S2/c24-19(20-13-14-5-2-1-3-6-14)15-9-11-23(12-10-15)28(25,26)17-8-4-7-16-18(17)22-27-21-16/h1-8,15H,9-13H2,(H,20,24). The third-order valence-corrected chi connectivity index (χ3v) is 7.47. The lowest BCUT2D eigenvalue weighted by molar-refractivity contribution is -0.126. The highest BCUT2D eigenvalue weighted by Gasteiger charge is 2.33. The van der Waals surface area contributed by atoms with E-state index in [4.69, 9.17) is 0 Å². The molecule has 0 saturated carbocycles. The zero-order valence-corrected chi connectivity index (χ0v) is 16.7. The molecular weight excluding hydrogens is 396 g/mol. The van der Waals surface area contributed by atoms with Gasteiger partial charge in [-0.3, -0.25) is 4.79 Å². The van der Waals surface area contributed by atoms with Crippen molar-refractivity contribution in [2.45, 2.75) is 24.3 Å². The predicted octanol–water partition coefficient (Wildman–Crippen LogP) is 2.41. The Bertz CT molecular complexity index is 1070. The van der Waals surface area contributed by atoms with Gasteiger partial charge in [-0.25, -0.2) is 8.42 Å². The van der Waals surface area contributed by atoms with E-state index in [2.05, 4.69) is 14.1 Å². The van der Waals surface area contributed by atoms with Gasteiger partial charge in [0, 0.05) is 25.6 Å². The topological polar surface area (TPSA) is 92.3 Å². The highest BCUT2D eigenvalue weighted by Crippen LogP contribution is 2.28. The number of hydrogen-bond acceptors (Lipinski definition) is 6. The number of nitrogens with one attached hydrogen (secondary N) is 1. The van der Waals surface area contributed by atoms with E-state index in [1.165, 1.54) is 4.31 Å². The lowest BCUT2D eigenvalue weighted by atomic mass is 9.97. The fourth-order valence-corrected chi connectivity index (χ4v) is 5.64. The highest BCUT2D eigenvalue weighted by molar-refractivity contribution is 7.89. The Morgan fingerprint density at radius 1 is 1.07 bits per heavy atom. The van der Waals surface area contributed by atoms with E-state index in [-0.39, 0.29) is 16.7 Å². The maximum atomic E-state index is 13.0. The quantitative estimate of drug-likeness (QED) is 0.690. The van der Waals surface area contributed by atoms with E-state index >= 15 is 0 Å². The van der Waals surface area contributed by atoms with Gasteiger partial charge in [0.1, 0.15) is 15.9 Å². The van der Waals surface area contributed by atoms with Crippen LogP contribution in [0.15, 0.2) is 53.4 Å². The summed E-state index contributed by atoms with van der Waals surface area (Å²) in [6, 6.07) is 14.7. The van der Waals surface area contributed by atoms with Crippen molar-refractivity contribution >= 4 is 38.7 Å². The number of carbonyl (C=O) groups is 1. The first kappa shape index (κ1) is 19.0. The number of piperidine rings is 1. The van der Waals surface area contributed by atoms with Crippen LogP contribution in [0.3, 0.4) is 0 Å². The SMILES string of the molecule is O=C(NCc1ccccc1)C1CCN(S(=O)(=O)c2cccc3nsnc23)CC1. The molecule has 0 radical (unpaired) electrons. The van der Waals surface area contributed by atoms with Gasteiger partial charge >= 0.3 is 0 Å². The molecular formula is C19H20N4O3S2. The van der Waals surface area contributed by atoms with E-state index < -0.39 is 10.0 Å². The van der Waals surface area contributed by atoms with Gasteiger partial charge in [0.2, 0.25) is 15.9 Å². The molecule has 0 aliphatic carbocycles. The number of benzene rings is 2. The summed E-state index contributed by atoms with van der Waals surface area (Å²) < 4.78 is 35.8. The second-order valence-electron chi connectivity index (χ2n) is 6.77. The summed E-state index contributed by atoms with van der Waals surface area (Å²) in [4.78, 5) is 12.6. The number of sulfonamides is 1. The molecule has 9 heteroatoms. The fraction of sp³-hybridized carbons (Fsp3) is 0.316. The molecule has 0 spiro atoms. The zero-order valence-electron chi connectivity index (χ0n) is 15.1. The van der Waals surface area contributed by atoms with Crippen LogP contribution in [0, 0.1) is 5.92 Å². The summed E-state index contributed by atoms with van der Waals surface area (Å²) in [6.07, 6.45) is 1.01. The molecule has 1 aromatic heterocycles. The maximum Gasteiger partial charge on any atom is 0.245 e. The molecule has 0 atom stereocenters. The van der Waals surface area contributed by atoms with Crippen LogP contribution in [0.5, 0.6) is 0 Å². The third-order valence-electron chi connectivity index (χ3n) is 5.00. The molecule has 2 aromatic carbocycles. The van der Waals surface area contributed by atoms with Crippen molar-refractivity contribution in [1.29, 1.82) is 0 Å². The van der Waals surface area contributed by atoms with Gasteiger partial charge in [-0.15, -0.1) is 0 Å². The third kappa shape index (κ3) is 3.78. The average Bonchev–Trinajstić information content (AvgIpc) is 3.21. The Morgan fingerprint density at radius 3 is 2.57 bits per heavy atom. The first-order chi connectivity index (χ1) is 13.6. The minimum Gasteiger partial charge on any atom is -0.352 e. The van der Waals surface area contributed by atoms with Gasteiger partial charge in [-0.2, -0.15) is 13.1 Å². The first-order valence-electron chi connectivity index (χ1n) is 9.09. The first-order valence-corrected chi connectivity index (χ1v) is 11.3. The van der Waals surface area contributed by atoms with E-state index in [9.17, 15) is 13.2 Å². The fourth-order valence-electron chi connectivity index (χ4n) is 3.42. The Hall–Kier alpha value is -2.36. The Balaban J connectivity index is 1.39. The van der Waals surface area contributed by atoms with Crippen LogP contribution < -0.4 is 5.32 Å². The monoisotopic (exact) mass is 416 g/mol. The summed E-state index contributed by atoms with van der Waals surface area (Å²) in [6.45, 7) is 1.12. The molecule has 0 unspecified atom stereocenters. The summed E-state index contributed by atoms with van der Waals surface area (Å²) in [5.74, 6) is -0.196. The molecule has 3 aromatic rings. The van der Waals surface area contributed by atoms with Crippen LogP contribution in [0.25, 0.3) is 11.0 Å². The van der Waals surface area contributed by atoms with Crippen molar-refractivity contribution in [3.8, 4) is 0 Å². The van der Waals surface area contributed by atoms with Crippen LogP contribution in [0.2, 0.25) is 0 Å². The van der Waals surface area contributed by atoms with Crippen molar-refractivity contribution < 1.29 is 13.2 Å². The summed E-state index contributed by atoms with van der Waals surface area (Å²) in [7, 11) is -3.66. The van der Waals surface area contributed by atoms with Gasteiger partial charge < -0.3 is 5.32 Å². The molecule has 1 fully saturated rings. The van der Waals surface area contributed by atoms with Gasteiger partial charge in [0.15, 0.2) is 0 Å². The molecule has 4 rings (SSSR count). The second-order valence-corrected chi connectivity index (χ2v) is 9.20. The Labute approximate surface area is 167 Å². The second kappa shape index (κ2) is 7.94. The van der Waals surface area contributed by atoms with Crippen LogP contribution in [-0.4, -0.2) is 40.5 Å². The number of carbonyl (C=O) groups excluding carboxylic acids is 1. The van der Waals surface area contributed by atoms with E-state index in [1.54, 1.807) is 18.2 Å². The van der Waals surface area contributed by atoms with Crippen molar-refractivity contribution in [3.63, 3.8) is 0 Å². The molecule has 1 aliphatic rings. The highest BCUT2D eigenvalue weighted by atomic mass is 32.2. The number of fused-ring (bicyclic) bond motifs is 1. The van der Waals surface area contributed by atoms with Crippen molar-refractivity contribution in [2.24, 2.45) is 5.92 Å². The number of aromatic nitrogens is 2. The molecule has 146 valence electrons. The number of hydrogen-bond donors (Lipinski definition) is 1. The lowest BCUT2D eigenvalue weighted by Crippen LogP contribution is -2.42. The van der Waals surface area contributed by atoms with Crippen LogP contribution in [0.4, 0.5) is 0 Å². The summed E-state index contributed by atoms with van der Waals surface area (Å²) in [5.41, 5.74) is 2.04.